The van der Waals surface area contributed by atoms with Crippen molar-refractivity contribution in [3.63, 3.8) is 0 Å². The fourth-order valence-corrected chi connectivity index (χ4v) is 1.30. The number of carbonyl (C=O) groups excluding carboxylic acids is 2. The lowest BCUT2D eigenvalue weighted by Gasteiger charge is -2.16. The monoisotopic (exact) mass is 181 g/mol. The van der Waals surface area contributed by atoms with Gasteiger partial charge in [-0.3, -0.25) is 9.59 Å². The van der Waals surface area contributed by atoms with Gasteiger partial charge in [0.15, 0.2) is 11.6 Å². The van der Waals surface area contributed by atoms with Crippen molar-refractivity contribution in [3.8, 4) is 0 Å². The molecule has 3 nitrogen and oxygen atoms in total. The summed E-state index contributed by atoms with van der Waals surface area (Å²) in [6.07, 6.45) is 5.57. The summed E-state index contributed by atoms with van der Waals surface area (Å²) >= 11 is 0. The molecule has 3 heteroatoms. The highest BCUT2D eigenvalue weighted by Crippen LogP contribution is 2.03. The standard InChI is InChI=1S/C10H15NO2/c1-2-3-7-11-10-8(12)5-4-6-9(10)13/h4-5,10-11H,2-3,6-7H2,1H3. The molecule has 1 atom stereocenters. The van der Waals surface area contributed by atoms with Crippen molar-refractivity contribution in [1.82, 2.24) is 5.32 Å². The van der Waals surface area contributed by atoms with E-state index >= 15 is 0 Å². The molecule has 1 unspecified atom stereocenters. The SMILES string of the molecule is CCCCNC1C(=O)C=CCC1=O. The molecule has 0 aromatic heterocycles. The van der Waals surface area contributed by atoms with Crippen LogP contribution in [0.1, 0.15) is 26.2 Å². The second-order valence-electron chi connectivity index (χ2n) is 3.22. The molecule has 0 saturated carbocycles. The molecule has 0 saturated heterocycles. The largest absolute Gasteiger partial charge is 0.301 e. The minimum atomic E-state index is -0.573. The van der Waals surface area contributed by atoms with E-state index in [9.17, 15) is 9.59 Å². The van der Waals surface area contributed by atoms with Crippen LogP contribution in [0.15, 0.2) is 12.2 Å². The zero-order valence-electron chi connectivity index (χ0n) is 7.88. The second kappa shape index (κ2) is 4.92. The van der Waals surface area contributed by atoms with Gasteiger partial charge in [-0.05, 0) is 19.0 Å². The van der Waals surface area contributed by atoms with Crippen LogP contribution < -0.4 is 5.32 Å². The molecule has 0 spiro atoms. The van der Waals surface area contributed by atoms with Gasteiger partial charge in [0.25, 0.3) is 0 Å². The molecule has 13 heavy (non-hydrogen) atoms. The van der Waals surface area contributed by atoms with Gasteiger partial charge in [0.05, 0.1) is 0 Å². The summed E-state index contributed by atoms with van der Waals surface area (Å²) < 4.78 is 0. The zero-order chi connectivity index (χ0) is 9.68. The molecule has 0 aromatic rings. The quantitative estimate of drug-likeness (QED) is 0.516. The maximum atomic E-state index is 11.3. The Kier molecular flexibility index (Phi) is 3.83. The Morgan fingerprint density at radius 3 is 2.92 bits per heavy atom. The van der Waals surface area contributed by atoms with Gasteiger partial charge >= 0.3 is 0 Å². The molecule has 1 N–H and O–H groups in total. The molecular formula is C10H15NO2. The number of carbonyl (C=O) groups is 2. The maximum Gasteiger partial charge on any atom is 0.179 e. The average molecular weight is 181 g/mol. The van der Waals surface area contributed by atoms with E-state index in [1.54, 1.807) is 6.08 Å². The summed E-state index contributed by atoms with van der Waals surface area (Å²) in [4.78, 5) is 22.5. The van der Waals surface area contributed by atoms with Crippen LogP contribution in [0.5, 0.6) is 0 Å². The third-order valence-corrected chi connectivity index (χ3v) is 2.09. The van der Waals surface area contributed by atoms with Crippen molar-refractivity contribution in [2.45, 2.75) is 32.2 Å². The Bertz CT molecular complexity index is 233. The fraction of sp³-hybridized carbons (Fsp3) is 0.600. The molecule has 1 aliphatic rings. The summed E-state index contributed by atoms with van der Waals surface area (Å²) in [7, 11) is 0. The predicted molar refractivity (Wildman–Crippen MR) is 50.5 cm³/mol. The lowest BCUT2D eigenvalue weighted by atomic mass is 9.99. The number of unbranched alkanes of at least 4 members (excludes halogenated alkanes) is 1. The first-order chi connectivity index (χ1) is 6.25. The van der Waals surface area contributed by atoms with Crippen molar-refractivity contribution in [2.75, 3.05) is 6.54 Å². The first kappa shape index (κ1) is 10.1. The number of nitrogens with one attached hydrogen (secondary N) is 1. The first-order valence-corrected chi connectivity index (χ1v) is 4.72. The number of hydrogen-bond acceptors (Lipinski definition) is 3. The van der Waals surface area contributed by atoms with Gasteiger partial charge in [-0.15, -0.1) is 0 Å². The van der Waals surface area contributed by atoms with Crippen molar-refractivity contribution in [2.24, 2.45) is 0 Å². The van der Waals surface area contributed by atoms with Crippen LogP contribution in [0, 0.1) is 0 Å². The van der Waals surface area contributed by atoms with Crippen LogP contribution >= 0.6 is 0 Å². The Morgan fingerprint density at radius 2 is 2.31 bits per heavy atom. The van der Waals surface area contributed by atoms with E-state index in [-0.39, 0.29) is 11.6 Å². The molecule has 0 fully saturated rings. The van der Waals surface area contributed by atoms with Crippen LogP contribution in [-0.4, -0.2) is 24.2 Å². The van der Waals surface area contributed by atoms with Crippen molar-refractivity contribution < 1.29 is 9.59 Å². The lowest BCUT2D eigenvalue weighted by molar-refractivity contribution is -0.127. The number of hydrogen-bond donors (Lipinski definition) is 1. The van der Waals surface area contributed by atoms with Crippen LogP contribution in [0.25, 0.3) is 0 Å². The summed E-state index contributed by atoms with van der Waals surface area (Å²) in [6.45, 7) is 2.82. The zero-order valence-corrected chi connectivity index (χ0v) is 7.88. The normalized spacial score (nSPS) is 22.4. The minimum Gasteiger partial charge on any atom is -0.301 e. The Hall–Kier alpha value is -0.960. The molecule has 0 radical (unpaired) electrons. The minimum absolute atomic E-state index is 0.0106. The Balaban J connectivity index is 2.42. The predicted octanol–water partition coefficient (Wildman–Crippen LogP) is 0.843. The van der Waals surface area contributed by atoms with Crippen LogP contribution in [0.4, 0.5) is 0 Å². The van der Waals surface area contributed by atoms with Crippen molar-refractivity contribution in [1.29, 1.82) is 0 Å². The molecule has 0 heterocycles. The van der Waals surface area contributed by atoms with Crippen molar-refractivity contribution >= 4 is 11.6 Å². The summed E-state index contributed by atoms with van der Waals surface area (Å²) in [5, 5.41) is 2.97. The molecular weight excluding hydrogens is 166 g/mol. The van der Waals surface area contributed by atoms with Gasteiger partial charge < -0.3 is 5.32 Å². The maximum absolute atomic E-state index is 11.3. The molecule has 0 aliphatic heterocycles. The highest BCUT2D eigenvalue weighted by atomic mass is 16.2. The third-order valence-electron chi connectivity index (χ3n) is 2.09. The van der Waals surface area contributed by atoms with Crippen molar-refractivity contribution in [3.05, 3.63) is 12.2 Å². The van der Waals surface area contributed by atoms with Gasteiger partial charge in [-0.1, -0.05) is 19.4 Å². The number of Topliss-reactive ketones (excluding diaryl/α,β-unsaturated/α-hetero) is 1. The second-order valence-corrected chi connectivity index (χ2v) is 3.22. The number of ketones is 2. The van der Waals surface area contributed by atoms with E-state index in [0.29, 0.717) is 6.42 Å². The topological polar surface area (TPSA) is 46.2 Å². The summed E-state index contributed by atoms with van der Waals surface area (Å²) in [6, 6.07) is -0.573. The molecule has 0 amide bonds. The molecule has 0 bridgehead atoms. The number of allylic oxidation sites excluding steroid dienone is 1. The van der Waals surface area contributed by atoms with Crippen LogP contribution in [-0.2, 0) is 9.59 Å². The summed E-state index contributed by atoms with van der Waals surface area (Å²) in [5.74, 6) is -0.115. The molecule has 1 rings (SSSR count). The average Bonchev–Trinajstić information content (AvgIpc) is 2.10. The number of rotatable bonds is 4. The van der Waals surface area contributed by atoms with Gasteiger partial charge in [0.1, 0.15) is 6.04 Å². The van der Waals surface area contributed by atoms with E-state index in [2.05, 4.69) is 12.2 Å². The van der Waals surface area contributed by atoms with E-state index in [1.165, 1.54) is 6.08 Å². The van der Waals surface area contributed by atoms with Gasteiger partial charge in [-0.25, -0.2) is 0 Å². The Labute approximate surface area is 78.2 Å². The van der Waals surface area contributed by atoms with E-state index < -0.39 is 6.04 Å². The fourth-order valence-electron chi connectivity index (χ4n) is 1.30. The molecule has 1 aliphatic carbocycles. The van der Waals surface area contributed by atoms with E-state index in [4.69, 9.17) is 0 Å². The van der Waals surface area contributed by atoms with Gasteiger partial charge in [0, 0.05) is 6.42 Å². The molecule has 0 aromatic carbocycles. The van der Waals surface area contributed by atoms with Gasteiger partial charge in [0.2, 0.25) is 0 Å². The summed E-state index contributed by atoms with van der Waals surface area (Å²) in [5.41, 5.74) is 0. The third kappa shape index (κ3) is 2.77. The first-order valence-electron chi connectivity index (χ1n) is 4.72. The Morgan fingerprint density at radius 1 is 1.54 bits per heavy atom. The molecule has 72 valence electrons. The smallest absolute Gasteiger partial charge is 0.179 e. The highest BCUT2D eigenvalue weighted by molar-refractivity contribution is 6.13. The lowest BCUT2D eigenvalue weighted by Crippen LogP contribution is -2.44. The van der Waals surface area contributed by atoms with E-state index in [1.807, 2.05) is 0 Å². The van der Waals surface area contributed by atoms with Gasteiger partial charge in [-0.2, -0.15) is 0 Å². The highest BCUT2D eigenvalue weighted by Gasteiger charge is 2.25. The van der Waals surface area contributed by atoms with Crippen LogP contribution in [0.2, 0.25) is 0 Å². The van der Waals surface area contributed by atoms with E-state index in [0.717, 1.165) is 19.4 Å². The van der Waals surface area contributed by atoms with Crippen LogP contribution in [0.3, 0.4) is 0 Å².